The van der Waals surface area contributed by atoms with Crippen LogP contribution in [0.5, 0.6) is 5.88 Å². The molecule has 7 nitrogen and oxygen atoms in total. The maximum Gasteiger partial charge on any atom is 0.239 e. The van der Waals surface area contributed by atoms with Gasteiger partial charge in [-0.2, -0.15) is 0 Å². The summed E-state index contributed by atoms with van der Waals surface area (Å²) in [5.74, 6) is 1.11. The molecule has 1 amide bonds. The number of amides is 1. The van der Waals surface area contributed by atoms with Crippen LogP contribution in [0.1, 0.15) is 39.7 Å². The van der Waals surface area contributed by atoms with Gasteiger partial charge >= 0.3 is 0 Å². The fraction of sp³-hybridized carbons (Fsp3) is 0.588. The van der Waals surface area contributed by atoms with Gasteiger partial charge in [0.2, 0.25) is 11.8 Å². The van der Waals surface area contributed by atoms with E-state index in [-0.39, 0.29) is 18.0 Å². The molecule has 0 unspecified atom stereocenters. The Morgan fingerprint density at radius 3 is 2.58 bits per heavy atom. The van der Waals surface area contributed by atoms with Crippen molar-refractivity contribution in [2.75, 3.05) is 20.2 Å². The van der Waals surface area contributed by atoms with Crippen molar-refractivity contribution in [3.05, 3.63) is 23.9 Å². The molecule has 1 aromatic heterocycles. The maximum atomic E-state index is 11.8. The van der Waals surface area contributed by atoms with Crippen molar-refractivity contribution < 1.29 is 9.53 Å². The SMILES string of the molecule is CCCOc1ccc(CNC(=NC)NCC(=O)NC(C)(C)C)cn1. The number of nitrogens with zero attached hydrogens (tertiary/aromatic N) is 2. The third kappa shape index (κ3) is 8.36. The number of carbonyl (C=O) groups is 1. The lowest BCUT2D eigenvalue weighted by molar-refractivity contribution is -0.121. The van der Waals surface area contributed by atoms with Crippen molar-refractivity contribution in [1.29, 1.82) is 0 Å². The molecule has 24 heavy (non-hydrogen) atoms. The number of guanidine groups is 1. The first kappa shape index (κ1) is 19.7. The smallest absolute Gasteiger partial charge is 0.239 e. The first-order valence-electron chi connectivity index (χ1n) is 8.17. The predicted molar refractivity (Wildman–Crippen MR) is 96.1 cm³/mol. The molecule has 0 atom stereocenters. The van der Waals surface area contributed by atoms with Crippen LogP contribution in [-0.4, -0.2) is 42.6 Å². The second kappa shape index (κ2) is 9.75. The zero-order valence-electron chi connectivity index (χ0n) is 15.3. The van der Waals surface area contributed by atoms with Crippen LogP contribution in [0, 0.1) is 0 Å². The van der Waals surface area contributed by atoms with Crippen LogP contribution < -0.4 is 20.7 Å². The number of carbonyl (C=O) groups excluding carboxylic acids is 1. The molecule has 0 radical (unpaired) electrons. The molecule has 0 aliphatic heterocycles. The molecule has 1 heterocycles. The van der Waals surface area contributed by atoms with E-state index in [2.05, 4.69) is 32.9 Å². The molecule has 0 aliphatic rings. The largest absolute Gasteiger partial charge is 0.478 e. The number of nitrogens with one attached hydrogen (secondary N) is 3. The number of pyridine rings is 1. The zero-order valence-corrected chi connectivity index (χ0v) is 15.3. The molecule has 3 N–H and O–H groups in total. The molecule has 0 bridgehead atoms. The van der Waals surface area contributed by atoms with Gasteiger partial charge in [-0.3, -0.25) is 9.79 Å². The van der Waals surface area contributed by atoms with Crippen LogP contribution in [0.25, 0.3) is 0 Å². The zero-order chi connectivity index (χ0) is 18.0. The summed E-state index contributed by atoms with van der Waals surface area (Å²) in [4.78, 5) is 20.1. The van der Waals surface area contributed by atoms with Crippen LogP contribution in [0.4, 0.5) is 0 Å². The van der Waals surface area contributed by atoms with E-state index in [1.807, 2.05) is 32.9 Å². The minimum absolute atomic E-state index is 0.0791. The summed E-state index contributed by atoms with van der Waals surface area (Å²) in [5, 5.41) is 9.01. The first-order chi connectivity index (χ1) is 11.3. The Labute approximate surface area is 144 Å². The van der Waals surface area contributed by atoms with Gasteiger partial charge in [-0.25, -0.2) is 4.98 Å². The van der Waals surface area contributed by atoms with Gasteiger partial charge < -0.3 is 20.7 Å². The van der Waals surface area contributed by atoms with Crippen LogP contribution >= 0.6 is 0 Å². The Bertz CT molecular complexity index is 535. The van der Waals surface area contributed by atoms with Gasteiger partial charge in [0.15, 0.2) is 5.96 Å². The highest BCUT2D eigenvalue weighted by atomic mass is 16.5. The molecule has 0 spiro atoms. The highest BCUT2D eigenvalue weighted by Crippen LogP contribution is 2.07. The lowest BCUT2D eigenvalue weighted by Gasteiger charge is -2.21. The molecule has 7 heteroatoms. The summed E-state index contributed by atoms with van der Waals surface area (Å²) >= 11 is 0. The summed E-state index contributed by atoms with van der Waals surface area (Å²) < 4.78 is 5.45. The molecular formula is C17H29N5O2. The Hall–Kier alpha value is -2.31. The molecule has 0 aliphatic carbocycles. The predicted octanol–water partition coefficient (Wildman–Crippen LogP) is 1.45. The van der Waals surface area contributed by atoms with E-state index < -0.39 is 0 Å². The van der Waals surface area contributed by atoms with E-state index in [9.17, 15) is 4.79 Å². The van der Waals surface area contributed by atoms with Gasteiger partial charge in [0.1, 0.15) is 0 Å². The van der Waals surface area contributed by atoms with E-state index in [0.29, 0.717) is 25.0 Å². The van der Waals surface area contributed by atoms with Crippen molar-refractivity contribution >= 4 is 11.9 Å². The van der Waals surface area contributed by atoms with E-state index in [0.717, 1.165) is 12.0 Å². The lowest BCUT2D eigenvalue weighted by Crippen LogP contribution is -2.48. The molecule has 0 aromatic carbocycles. The number of aliphatic imine (C=N–C) groups is 1. The molecule has 0 fully saturated rings. The topological polar surface area (TPSA) is 87.6 Å². The third-order valence-corrected chi connectivity index (χ3v) is 2.87. The van der Waals surface area contributed by atoms with Gasteiger partial charge in [0, 0.05) is 31.4 Å². The second-order valence-electron chi connectivity index (χ2n) is 6.43. The monoisotopic (exact) mass is 335 g/mol. The van der Waals surface area contributed by atoms with Gasteiger partial charge in [-0.05, 0) is 32.8 Å². The highest BCUT2D eigenvalue weighted by molar-refractivity contribution is 5.86. The molecule has 1 rings (SSSR count). The van der Waals surface area contributed by atoms with Crippen LogP contribution in [-0.2, 0) is 11.3 Å². The van der Waals surface area contributed by atoms with E-state index in [1.165, 1.54) is 0 Å². The fourth-order valence-electron chi connectivity index (χ4n) is 1.84. The third-order valence-electron chi connectivity index (χ3n) is 2.87. The van der Waals surface area contributed by atoms with Crippen molar-refractivity contribution in [2.24, 2.45) is 4.99 Å². The summed E-state index contributed by atoms with van der Waals surface area (Å²) in [6.07, 6.45) is 2.72. The maximum absolute atomic E-state index is 11.8. The highest BCUT2D eigenvalue weighted by Gasteiger charge is 2.13. The van der Waals surface area contributed by atoms with Gasteiger partial charge in [-0.15, -0.1) is 0 Å². The Kier molecular flexibility index (Phi) is 8.01. The van der Waals surface area contributed by atoms with E-state index in [1.54, 1.807) is 13.2 Å². The fourth-order valence-corrected chi connectivity index (χ4v) is 1.84. The van der Waals surface area contributed by atoms with Crippen molar-refractivity contribution in [1.82, 2.24) is 20.9 Å². The Morgan fingerprint density at radius 2 is 2.04 bits per heavy atom. The summed E-state index contributed by atoms with van der Waals surface area (Å²) in [6, 6.07) is 3.80. The summed E-state index contributed by atoms with van der Waals surface area (Å²) in [6.45, 7) is 9.27. The Balaban J connectivity index is 2.39. The minimum atomic E-state index is -0.247. The molecular weight excluding hydrogens is 306 g/mol. The first-order valence-corrected chi connectivity index (χ1v) is 8.17. The summed E-state index contributed by atoms with van der Waals surface area (Å²) in [7, 11) is 1.66. The van der Waals surface area contributed by atoms with Gasteiger partial charge in [-0.1, -0.05) is 13.0 Å². The normalized spacial score (nSPS) is 11.8. The summed E-state index contributed by atoms with van der Waals surface area (Å²) in [5.41, 5.74) is 0.754. The van der Waals surface area contributed by atoms with Gasteiger partial charge in [0.05, 0.1) is 13.2 Å². The van der Waals surface area contributed by atoms with Crippen LogP contribution in [0.2, 0.25) is 0 Å². The van der Waals surface area contributed by atoms with Gasteiger partial charge in [0.25, 0.3) is 0 Å². The quantitative estimate of drug-likeness (QED) is 0.518. The average Bonchev–Trinajstić information content (AvgIpc) is 2.52. The molecule has 0 saturated heterocycles. The standard InChI is InChI=1S/C17H29N5O2/c1-6-9-24-15-8-7-13(10-19-15)11-20-16(18-5)21-12-14(23)22-17(2,3)4/h7-8,10H,6,9,11-12H2,1-5H3,(H,22,23)(H2,18,20,21). The Morgan fingerprint density at radius 1 is 1.29 bits per heavy atom. The van der Waals surface area contributed by atoms with Crippen molar-refractivity contribution in [3.63, 3.8) is 0 Å². The second-order valence-corrected chi connectivity index (χ2v) is 6.43. The number of ether oxygens (including phenoxy) is 1. The molecule has 134 valence electrons. The number of hydrogen-bond donors (Lipinski definition) is 3. The average molecular weight is 335 g/mol. The van der Waals surface area contributed by atoms with Crippen LogP contribution in [0.15, 0.2) is 23.3 Å². The lowest BCUT2D eigenvalue weighted by atomic mass is 10.1. The number of rotatable bonds is 7. The minimum Gasteiger partial charge on any atom is -0.478 e. The van der Waals surface area contributed by atoms with Crippen LogP contribution in [0.3, 0.4) is 0 Å². The number of hydrogen-bond acceptors (Lipinski definition) is 4. The van der Waals surface area contributed by atoms with Crippen molar-refractivity contribution in [3.8, 4) is 5.88 Å². The molecule has 1 aromatic rings. The number of aromatic nitrogens is 1. The van der Waals surface area contributed by atoms with E-state index >= 15 is 0 Å². The van der Waals surface area contributed by atoms with E-state index in [4.69, 9.17) is 4.74 Å². The molecule has 0 saturated carbocycles. The van der Waals surface area contributed by atoms with Crippen molar-refractivity contribution in [2.45, 2.75) is 46.2 Å².